The summed E-state index contributed by atoms with van der Waals surface area (Å²) in [7, 11) is -4.69. The van der Waals surface area contributed by atoms with E-state index in [1.807, 2.05) is 0 Å². The average Bonchev–Trinajstić information content (AvgIpc) is 3.12. The van der Waals surface area contributed by atoms with Gasteiger partial charge >= 0.3 is 0 Å². The molecule has 1 aliphatic rings. The van der Waals surface area contributed by atoms with Crippen molar-refractivity contribution in [3.8, 4) is 0 Å². The molecule has 0 bridgehead atoms. The highest BCUT2D eigenvalue weighted by atomic mass is 35.7. The molecule has 5 nitrogen and oxygen atoms in total. The van der Waals surface area contributed by atoms with Crippen molar-refractivity contribution in [1.29, 1.82) is 0 Å². The van der Waals surface area contributed by atoms with Crippen LogP contribution in [0.5, 0.6) is 0 Å². The van der Waals surface area contributed by atoms with Crippen molar-refractivity contribution in [2.24, 2.45) is 0 Å². The number of thiophene rings is 1. The molecule has 2 aromatic rings. The number of hydrogen-bond acceptors (Lipinski definition) is 6. The fourth-order valence-corrected chi connectivity index (χ4v) is 5.64. The third kappa shape index (κ3) is 7.47. The van der Waals surface area contributed by atoms with Gasteiger partial charge in [0.25, 0.3) is 0 Å². The molecule has 1 aromatic carbocycles. The zero-order valence-electron chi connectivity index (χ0n) is 17.6. The topological polar surface area (TPSA) is 92.7 Å². The number of unbranched alkanes of at least 4 members (excludes halogenated alkanes) is 2. The third-order valence-electron chi connectivity index (χ3n) is 5.73. The van der Waals surface area contributed by atoms with E-state index in [-0.39, 0.29) is 0 Å². The molecule has 0 atom stereocenters. The largest absolute Gasteiger partial charge is 0.293 e. The van der Waals surface area contributed by atoms with Crippen molar-refractivity contribution in [2.75, 3.05) is 13.1 Å². The van der Waals surface area contributed by atoms with Crippen LogP contribution in [0.2, 0.25) is 0 Å². The normalized spacial score (nSPS) is 16.7. The molecule has 29 heavy (non-hydrogen) atoms. The summed E-state index contributed by atoms with van der Waals surface area (Å²) in [6.45, 7) is 7.19. The third-order valence-corrected chi connectivity index (χ3v) is 7.04. The van der Waals surface area contributed by atoms with Gasteiger partial charge in [0.1, 0.15) is 0 Å². The van der Waals surface area contributed by atoms with Gasteiger partial charge in [0.05, 0.1) is 20.4 Å². The van der Waals surface area contributed by atoms with Gasteiger partial charge in [0, 0.05) is 9.58 Å². The van der Waals surface area contributed by atoms with Crippen LogP contribution in [-0.2, 0) is 5.54 Å². The number of nitrogens with zero attached hydrogens (tertiary/aromatic N) is 1. The Bertz CT molecular complexity index is 678. The van der Waals surface area contributed by atoms with E-state index >= 15 is 0 Å². The van der Waals surface area contributed by atoms with Crippen molar-refractivity contribution in [1.82, 2.24) is 4.90 Å². The molecule has 0 amide bonds. The molecular formula is C22H34ClNO4S. The molecule has 0 unspecified atom stereocenters. The highest BCUT2D eigenvalue weighted by Gasteiger charge is 2.40. The number of halogens is 1. The zero-order valence-corrected chi connectivity index (χ0v) is 19.1. The molecule has 7 heteroatoms. The Morgan fingerprint density at radius 3 is 2.07 bits per heavy atom. The first-order chi connectivity index (χ1) is 13.8. The molecule has 1 saturated carbocycles. The van der Waals surface area contributed by atoms with E-state index in [1.54, 1.807) is 4.88 Å². The predicted octanol–water partition coefficient (Wildman–Crippen LogP) is 2.84. The Morgan fingerprint density at radius 1 is 1.00 bits per heavy atom. The molecule has 0 saturated heterocycles. The smallest absolute Gasteiger partial charge is 0.0777 e. The molecule has 0 radical (unpaired) electrons. The standard InChI is InChI=1S/C22H33NS.ClHO4/c1-3-5-16-23(17-6-4-2)22(14-10-7-11-15-22)21-18-19-12-8-9-13-20(19)24-21;2-1(3,4)5/h8-9,12-13,18H,3-7,10-11,14-17H2,1-2H3;(H,2,3,4,5). The van der Waals surface area contributed by atoms with Crippen LogP contribution in [0, 0.1) is 10.2 Å². The first-order valence-electron chi connectivity index (χ1n) is 10.7. The Labute approximate surface area is 180 Å². The van der Waals surface area contributed by atoms with Gasteiger partial charge in [-0.2, -0.15) is 14.0 Å². The average molecular weight is 444 g/mol. The van der Waals surface area contributed by atoms with Crippen molar-refractivity contribution in [2.45, 2.75) is 77.2 Å². The first-order valence-corrected chi connectivity index (χ1v) is 12.8. The Balaban J connectivity index is 0.000000537. The van der Waals surface area contributed by atoms with Crippen molar-refractivity contribution < 1.29 is 28.9 Å². The van der Waals surface area contributed by atoms with Crippen molar-refractivity contribution in [3.63, 3.8) is 0 Å². The Hall–Kier alpha value is -0.730. The summed E-state index contributed by atoms with van der Waals surface area (Å²) in [5, 5.41) is 1.44. The summed E-state index contributed by atoms with van der Waals surface area (Å²) in [5.74, 6) is 0. The van der Waals surface area contributed by atoms with Gasteiger partial charge in [0.2, 0.25) is 0 Å². The summed E-state index contributed by atoms with van der Waals surface area (Å²) < 4.78 is 34.2. The van der Waals surface area contributed by atoms with E-state index in [2.05, 4.69) is 60.4 Å². The van der Waals surface area contributed by atoms with Crippen LogP contribution in [0.15, 0.2) is 30.3 Å². The first kappa shape index (κ1) is 24.5. The maximum Gasteiger partial charge on any atom is 0.0777 e. The molecule has 1 aromatic heterocycles. The summed E-state index contributed by atoms with van der Waals surface area (Å²) >= 11 is 2.06. The number of hydrogen-bond donors (Lipinski definition) is 1. The minimum Gasteiger partial charge on any atom is -0.293 e. The minimum atomic E-state index is -4.69. The number of fused-ring (bicyclic) bond motifs is 1. The fourth-order valence-electron chi connectivity index (χ4n) is 4.30. The fraction of sp³-hybridized carbons (Fsp3) is 0.636. The molecule has 0 aliphatic heterocycles. The van der Waals surface area contributed by atoms with Gasteiger partial charge in [0.15, 0.2) is 0 Å². The Morgan fingerprint density at radius 2 is 1.55 bits per heavy atom. The van der Waals surface area contributed by atoms with Crippen LogP contribution in [0.1, 0.15) is 76.5 Å². The molecule has 1 heterocycles. The lowest BCUT2D eigenvalue weighted by Gasteiger charge is -2.46. The van der Waals surface area contributed by atoms with E-state index in [0.29, 0.717) is 5.54 Å². The zero-order chi connectivity index (χ0) is 21.3. The molecule has 1 aliphatic carbocycles. The highest BCUT2D eigenvalue weighted by Crippen LogP contribution is 2.46. The highest BCUT2D eigenvalue weighted by molar-refractivity contribution is 7.19. The van der Waals surface area contributed by atoms with Crippen LogP contribution in [0.4, 0.5) is 0 Å². The van der Waals surface area contributed by atoms with Gasteiger partial charge in [-0.3, -0.25) is 4.90 Å². The second-order valence-electron chi connectivity index (χ2n) is 7.83. The van der Waals surface area contributed by atoms with Crippen LogP contribution in [-0.4, -0.2) is 22.6 Å². The summed E-state index contributed by atoms with van der Waals surface area (Å²) in [6.07, 6.45) is 12.2. The van der Waals surface area contributed by atoms with E-state index in [4.69, 9.17) is 18.6 Å². The monoisotopic (exact) mass is 443 g/mol. The summed E-state index contributed by atoms with van der Waals surface area (Å²) in [6, 6.07) is 11.5. The van der Waals surface area contributed by atoms with Gasteiger partial charge in [-0.05, 0) is 56.3 Å². The van der Waals surface area contributed by atoms with Crippen molar-refractivity contribution >= 4 is 21.4 Å². The van der Waals surface area contributed by atoms with Gasteiger partial charge in [-0.25, -0.2) is 0 Å². The van der Waals surface area contributed by atoms with Gasteiger partial charge in [-0.15, -0.1) is 11.3 Å². The van der Waals surface area contributed by atoms with E-state index in [1.165, 1.54) is 81.0 Å². The quantitative estimate of drug-likeness (QED) is 0.677. The number of rotatable bonds is 8. The molecule has 1 fully saturated rings. The number of benzene rings is 1. The van der Waals surface area contributed by atoms with Crippen LogP contribution < -0.4 is 14.0 Å². The SMILES string of the molecule is CCCCN(CCCC)C1(c2cc3ccccc3s2)CCCCC1.[O-][Cl+3]([O-])([O-])O. The lowest BCUT2D eigenvalue weighted by atomic mass is 9.78. The van der Waals surface area contributed by atoms with Gasteiger partial charge in [-0.1, -0.05) is 64.2 Å². The molecule has 164 valence electrons. The second kappa shape index (κ2) is 11.6. The second-order valence-corrected chi connectivity index (χ2v) is 9.71. The van der Waals surface area contributed by atoms with E-state index in [0.717, 1.165) is 0 Å². The minimum absolute atomic E-state index is 0.312. The molecule has 0 spiro atoms. The van der Waals surface area contributed by atoms with Gasteiger partial charge < -0.3 is 0 Å². The lowest BCUT2D eigenvalue weighted by Crippen LogP contribution is -2.58. The lowest BCUT2D eigenvalue weighted by molar-refractivity contribution is -1.92. The predicted molar refractivity (Wildman–Crippen MR) is 110 cm³/mol. The molecular weight excluding hydrogens is 410 g/mol. The summed E-state index contributed by atoms with van der Waals surface area (Å²) in [4.78, 5) is 4.51. The molecule has 1 N–H and O–H groups in total. The maximum absolute atomic E-state index is 8.60. The van der Waals surface area contributed by atoms with Crippen LogP contribution in [0.25, 0.3) is 10.1 Å². The van der Waals surface area contributed by atoms with E-state index < -0.39 is 10.2 Å². The Kier molecular flexibility index (Phi) is 9.82. The summed E-state index contributed by atoms with van der Waals surface area (Å²) in [5.41, 5.74) is 0.312. The van der Waals surface area contributed by atoms with Crippen molar-refractivity contribution in [3.05, 3.63) is 35.2 Å². The molecule has 3 rings (SSSR count). The van der Waals surface area contributed by atoms with E-state index in [9.17, 15) is 0 Å². The maximum atomic E-state index is 8.60. The van der Waals surface area contributed by atoms with Crippen LogP contribution >= 0.6 is 11.3 Å². The van der Waals surface area contributed by atoms with Crippen LogP contribution in [0.3, 0.4) is 0 Å².